The summed E-state index contributed by atoms with van der Waals surface area (Å²) in [7, 11) is -1.32. The van der Waals surface area contributed by atoms with Gasteiger partial charge in [-0.25, -0.2) is 8.42 Å². The van der Waals surface area contributed by atoms with Gasteiger partial charge in [-0.2, -0.15) is 0 Å². The fraction of sp³-hybridized carbons (Fsp3) is 0.0333. The Labute approximate surface area is 218 Å². The standard InChI is InChI=1S/C30H20N2O5S/c1-32-22-16-15-21(31-20-13-7-8-14-23(20)38(36)37)25-26(22)24(18-11-5-6-12-19(18)29(25)34)27(30(32)35)28(33)17-9-3-2-4-10-17/h2-16,31,38H,1H3. The Balaban J connectivity index is 1.73. The van der Waals surface area contributed by atoms with Crippen LogP contribution < -0.4 is 10.9 Å². The highest BCUT2D eigenvalue weighted by atomic mass is 32.2. The van der Waals surface area contributed by atoms with E-state index in [1.165, 1.54) is 10.6 Å². The molecule has 0 radical (unpaired) electrons. The van der Waals surface area contributed by atoms with E-state index in [1.54, 1.807) is 92.0 Å². The minimum atomic E-state index is -2.89. The lowest BCUT2D eigenvalue weighted by Crippen LogP contribution is -2.29. The first-order chi connectivity index (χ1) is 18.4. The summed E-state index contributed by atoms with van der Waals surface area (Å²) in [5.41, 5.74) is 2.58. The first-order valence-corrected chi connectivity index (χ1v) is 13.0. The van der Waals surface area contributed by atoms with Crippen molar-refractivity contribution in [1.29, 1.82) is 0 Å². The van der Waals surface area contributed by atoms with E-state index < -0.39 is 22.0 Å². The second-order valence-corrected chi connectivity index (χ2v) is 9.96. The van der Waals surface area contributed by atoms with Gasteiger partial charge in [-0.1, -0.05) is 66.7 Å². The van der Waals surface area contributed by atoms with Crippen LogP contribution in [0.1, 0.15) is 31.8 Å². The van der Waals surface area contributed by atoms with Crippen molar-refractivity contribution in [1.82, 2.24) is 4.57 Å². The summed E-state index contributed by atoms with van der Waals surface area (Å²) in [6.45, 7) is 0. The van der Waals surface area contributed by atoms with E-state index >= 15 is 0 Å². The van der Waals surface area contributed by atoms with Gasteiger partial charge in [-0.15, -0.1) is 0 Å². The van der Waals surface area contributed by atoms with Crippen molar-refractivity contribution in [3.8, 4) is 11.1 Å². The number of thiol groups is 1. The Morgan fingerprint density at radius 2 is 1.39 bits per heavy atom. The molecule has 1 aliphatic carbocycles. The molecule has 1 aliphatic rings. The van der Waals surface area contributed by atoms with Gasteiger partial charge in [0.2, 0.25) is 0 Å². The topological polar surface area (TPSA) is 102 Å². The molecule has 0 aliphatic heterocycles. The highest BCUT2D eigenvalue weighted by Gasteiger charge is 2.34. The molecule has 1 N–H and O–H groups in total. The first kappa shape index (κ1) is 23.6. The van der Waals surface area contributed by atoms with Crippen LogP contribution in [0.3, 0.4) is 0 Å². The lowest BCUT2D eigenvalue weighted by atomic mass is 9.80. The molecule has 7 nitrogen and oxygen atoms in total. The number of para-hydroxylation sites is 1. The van der Waals surface area contributed by atoms with Gasteiger partial charge >= 0.3 is 0 Å². The second kappa shape index (κ2) is 8.93. The van der Waals surface area contributed by atoms with Crippen LogP contribution in [0.4, 0.5) is 11.4 Å². The molecular formula is C30H20N2O5S. The number of nitrogens with one attached hydrogen (secondary N) is 1. The van der Waals surface area contributed by atoms with E-state index in [0.29, 0.717) is 44.5 Å². The lowest BCUT2D eigenvalue weighted by molar-refractivity contribution is 0.102. The number of carbonyl (C=O) groups is 2. The van der Waals surface area contributed by atoms with E-state index in [9.17, 15) is 22.8 Å². The van der Waals surface area contributed by atoms with E-state index in [1.807, 2.05) is 0 Å². The van der Waals surface area contributed by atoms with Crippen LogP contribution in [0, 0.1) is 0 Å². The number of fused-ring (bicyclic) bond motifs is 2. The zero-order valence-electron chi connectivity index (χ0n) is 20.1. The normalized spacial score (nSPS) is 12.0. The van der Waals surface area contributed by atoms with E-state index in [0.717, 1.165) is 0 Å². The molecule has 0 bridgehead atoms. The number of hydrogen-bond donors (Lipinski definition) is 2. The van der Waals surface area contributed by atoms with Gasteiger partial charge in [0.25, 0.3) is 5.56 Å². The van der Waals surface area contributed by atoms with Crippen LogP contribution in [0.5, 0.6) is 0 Å². The molecule has 0 saturated carbocycles. The monoisotopic (exact) mass is 520 g/mol. The zero-order chi connectivity index (χ0) is 26.6. The van der Waals surface area contributed by atoms with Crippen molar-refractivity contribution in [2.45, 2.75) is 4.90 Å². The number of nitrogens with zero attached hydrogens (tertiary/aromatic N) is 1. The Morgan fingerprint density at radius 3 is 2.13 bits per heavy atom. The van der Waals surface area contributed by atoms with Gasteiger partial charge < -0.3 is 9.88 Å². The molecule has 6 rings (SSSR count). The predicted octanol–water partition coefficient (Wildman–Crippen LogP) is 4.69. The number of ketones is 2. The SMILES string of the molecule is Cn1c(=O)c(C(=O)c2ccccc2)c2c3c(c(Nc4ccccc4[SH](=O)=O)ccc31)C(=O)c1ccccc1-2. The summed E-state index contributed by atoms with van der Waals surface area (Å²) in [5, 5.41) is 3.59. The van der Waals surface area contributed by atoms with E-state index in [4.69, 9.17) is 0 Å². The van der Waals surface area contributed by atoms with Gasteiger partial charge in [-0.3, -0.25) is 14.4 Å². The molecular weight excluding hydrogens is 500 g/mol. The number of carbonyl (C=O) groups excluding carboxylic acids is 2. The van der Waals surface area contributed by atoms with Crippen LogP contribution >= 0.6 is 0 Å². The number of hydrogen-bond acceptors (Lipinski definition) is 6. The first-order valence-electron chi connectivity index (χ1n) is 11.8. The van der Waals surface area contributed by atoms with Crippen molar-refractivity contribution >= 4 is 44.5 Å². The largest absolute Gasteiger partial charge is 0.354 e. The van der Waals surface area contributed by atoms with Crippen molar-refractivity contribution in [2.75, 3.05) is 5.32 Å². The van der Waals surface area contributed by atoms with Crippen LogP contribution in [-0.4, -0.2) is 24.6 Å². The third-order valence-electron chi connectivity index (χ3n) is 6.86. The van der Waals surface area contributed by atoms with E-state index in [2.05, 4.69) is 5.32 Å². The molecule has 186 valence electrons. The van der Waals surface area contributed by atoms with Gasteiger partial charge in [0.05, 0.1) is 32.9 Å². The van der Waals surface area contributed by atoms with Crippen LogP contribution in [0.15, 0.2) is 101 Å². The molecule has 8 heteroatoms. The fourth-order valence-corrected chi connectivity index (χ4v) is 5.64. The van der Waals surface area contributed by atoms with Crippen molar-refractivity contribution in [3.05, 3.63) is 124 Å². The number of aromatic nitrogens is 1. The highest BCUT2D eigenvalue weighted by molar-refractivity contribution is 7.72. The van der Waals surface area contributed by atoms with Gasteiger partial charge in [0.1, 0.15) is 0 Å². The second-order valence-electron chi connectivity index (χ2n) is 8.97. The molecule has 38 heavy (non-hydrogen) atoms. The molecule has 0 amide bonds. The van der Waals surface area contributed by atoms with Crippen LogP contribution in [0.25, 0.3) is 22.0 Å². The minimum absolute atomic E-state index is 0.0208. The van der Waals surface area contributed by atoms with Crippen LogP contribution in [-0.2, 0) is 17.8 Å². The lowest BCUT2D eigenvalue weighted by Gasteiger charge is -2.25. The molecule has 0 atom stereocenters. The highest BCUT2D eigenvalue weighted by Crippen LogP contribution is 2.44. The average Bonchev–Trinajstić information content (AvgIpc) is 2.94. The third kappa shape index (κ3) is 3.49. The Morgan fingerprint density at radius 1 is 0.737 bits per heavy atom. The molecule has 0 fully saturated rings. The summed E-state index contributed by atoms with van der Waals surface area (Å²) < 4.78 is 25.1. The van der Waals surface area contributed by atoms with Crippen molar-refractivity contribution in [2.24, 2.45) is 7.05 Å². The number of benzene rings is 4. The smallest absolute Gasteiger partial charge is 0.262 e. The quantitative estimate of drug-likeness (QED) is 0.253. The van der Waals surface area contributed by atoms with Gasteiger partial charge in [-0.05, 0) is 29.8 Å². The number of aryl methyl sites for hydroxylation is 1. The molecule has 1 aromatic heterocycles. The van der Waals surface area contributed by atoms with Crippen molar-refractivity contribution < 1.29 is 18.0 Å². The van der Waals surface area contributed by atoms with Gasteiger partial charge in [0.15, 0.2) is 22.3 Å². The summed E-state index contributed by atoms with van der Waals surface area (Å²) in [6, 6.07) is 25.2. The zero-order valence-corrected chi connectivity index (χ0v) is 21.0. The number of rotatable bonds is 5. The van der Waals surface area contributed by atoms with Gasteiger partial charge in [0, 0.05) is 29.1 Å². The molecule has 0 saturated heterocycles. The number of anilines is 2. The maximum absolute atomic E-state index is 13.9. The average molecular weight is 521 g/mol. The van der Waals surface area contributed by atoms with Crippen LogP contribution in [0.2, 0.25) is 0 Å². The Kier molecular flexibility index (Phi) is 5.54. The molecule has 0 spiro atoms. The molecule has 0 unspecified atom stereocenters. The summed E-state index contributed by atoms with van der Waals surface area (Å²) in [5.74, 6) is -0.729. The van der Waals surface area contributed by atoms with E-state index in [-0.39, 0.29) is 21.8 Å². The minimum Gasteiger partial charge on any atom is -0.354 e. The van der Waals surface area contributed by atoms with Crippen molar-refractivity contribution in [3.63, 3.8) is 0 Å². The maximum Gasteiger partial charge on any atom is 0.262 e. The summed E-state index contributed by atoms with van der Waals surface area (Å²) in [4.78, 5) is 41.5. The third-order valence-corrected chi connectivity index (χ3v) is 7.65. The summed E-state index contributed by atoms with van der Waals surface area (Å²) >= 11 is 0. The molecule has 1 heterocycles. The maximum atomic E-state index is 13.9. The summed E-state index contributed by atoms with van der Waals surface area (Å²) in [6.07, 6.45) is 0. The number of pyridine rings is 1. The Bertz CT molecular complexity index is 1950. The molecule has 5 aromatic rings. The fourth-order valence-electron chi connectivity index (χ4n) is 5.10. The Hall–Kier alpha value is -4.82. The predicted molar refractivity (Wildman–Crippen MR) is 146 cm³/mol. The molecule has 4 aromatic carbocycles.